The Morgan fingerprint density at radius 2 is 2.00 bits per heavy atom. The van der Waals surface area contributed by atoms with Gasteiger partial charge in [0.05, 0.1) is 6.04 Å². The molecule has 0 amide bonds. The Morgan fingerprint density at radius 1 is 1.25 bits per heavy atom. The van der Waals surface area contributed by atoms with Crippen molar-refractivity contribution in [3.05, 3.63) is 35.6 Å². The number of para-hydroxylation sites is 1. The normalized spacial score (nSPS) is 14.6. The molecule has 0 fully saturated rings. The minimum Gasteiger partial charge on any atom is -0.459 e. The third kappa shape index (κ3) is 3.05. The number of benzene rings is 1. The van der Waals surface area contributed by atoms with Crippen molar-refractivity contribution in [3.8, 4) is 0 Å². The van der Waals surface area contributed by atoms with Gasteiger partial charge in [0.2, 0.25) is 0 Å². The molecule has 3 heteroatoms. The Kier molecular flexibility index (Phi) is 5.21. The maximum Gasteiger partial charge on any atom is 0.134 e. The standard InChI is InChI=1S/C17H25NO2/c1-4-13(10-11-19)18-12(3)17-14(5-2)15-8-6-7-9-16(15)20-17/h6-9,12-13,18-19H,4-5,10-11H2,1-3H3. The van der Waals surface area contributed by atoms with Gasteiger partial charge in [-0.25, -0.2) is 0 Å². The lowest BCUT2D eigenvalue weighted by atomic mass is 10.0. The molecule has 0 aliphatic carbocycles. The SMILES string of the molecule is CCc1c(C(C)NC(CC)CCO)oc2ccccc12. The van der Waals surface area contributed by atoms with Gasteiger partial charge in [0, 0.05) is 23.6 Å². The number of aryl methyl sites for hydroxylation is 1. The van der Waals surface area contributed by atoms with Crippen LogP contribution in [0.1, 0.15) is 51.0 Å². The summed E-state index contributed by atoms with van der Waals surface area (Å²) < 4.78 is 6.05. The van der Waals surface area contributed by atoms with E-state index in [0.29, 0.717) is 6.04 Å². The van der Waals surface area contributed by atoms with Crippen LogP contribution in [0.4, 0.5) is 0 Å². The molecule has 3 nitrogen and oxygen atoms in total. The summed E-state index contributed by atoms with van der Waals surface area (Å²) in [6.07, 6.45) is 2.75. The second kappa shape index (κ2) is 6.91. The molecule has 2 rings (SSSR count). The monoisotopic (exact) mass is 275 g/mol. The predicted molar refractivity (Wildman–Crippen MR) is 82.9 cm³/mol. The number of nitrogens with one attached hydrogen (secondary N) is 1. The molecule has 110 valence electrons. The van der Waals surface area contributed by atoms with E-state index in [-0.39, 0.29) is 12.6 Å². The van der Waals surface area contributed by atoms with Crippen LogP contribution in [0.3, 0.4) is 0 Å². The van der Waals surface area contributed by atoms with Gasteiger partial charge in [-0.05, 0) is 32.3 Å². The lowest BCUT2D eigenvalue weighted by molar-refractivity contribution is 0.253. The van der Waals surface area contributed by atoms with Crippen LogP contribution < -0.4 is 5.32 Å². The molecule has 2 atom stereocenters. The molecule has 1 aromatic heterocycles. The smallest absolute Gasteiger partial charge is 0.134 e. The summed E-state index contributed by atoms with van der Waals surface area (Å²) in [6, 6.07) is 8.70. The summed E-state index contributed by atoms with van der Waals surface area (Å²) in [6.45, 7) is 6.66. The fourth-order valence-electron chi connectivity index (χ4n) is 2.82. The second-order valence-corrected chi connectivity index (χ2v) is 5.30. The van der Waals surface area contributed by atoms with E-state index in [1.165, 1.54) is 10.9 Å². The van der Waals surface area contributed by atoms with Gasteiger partial charge in [0.15, 0.2) is 0 Å². The maximum absolute atomic E-state index is 9.10. The first-order valence-corrected chi connectivity index (χ1v) is 7.58. The van der Waals surface area contributed by atoms with Crippen LogP contribution in [0.25, 0.3) is 11.0 Å². The zero-order valence-corrected chi connectivity index (χ0v) is 12.6. The fraction of sp³-hybridized carbons (Fsp3) is 0.529. The van der Waals surface area contributed by atoms with Gasteiger partial charge in [-0.2, -0.15) is 0 Å². The second-order valence-electron chi connectivity index (χ2n) is 5.30. The average Bonchev–Trinajstić information content (AvgIpc) is 2.85. The summed E-state index contributed by atoms with van der Waals surface area (Å²) in [7, 11) is 0. The van der Waals surface area contributed by atoms with E-state index in [4.69, 9.17) is 9.52 Å². The summed E-state index contributed by atoms with van der Waals surface area (Å²) in [4.78, 5) is 0. The molecule has 0 radical (unpaired) electrons. The first-order chi connectivity index (χ1) is 9.71. The molecule has 2 N–H and O–H groups in total. The molecule has 0 aliphatic rings. The molecule has 0 bridgehead atoms. The minimum atomic E-state index is 0.161. The summed E-state index contributed by atoms with van der Waals surface area (Å²) in [5.41, 5.74) is 2.25. The van der Waals surface area contributed by atoms with Crippen molar-refractivity contribution in [1.82, 2.24) is 5.32 Å². The number of furan rings is 1. The molecule has 1 heterocycles. The topological polar surface area (TPSA) is 45.4 Å². The van der Waals surface area contributed by atoms with Gasteiger partial charge < -0.3 is 14.8 Å². The van der Waals surface area contributed by atoms with E-state index in [2.05, 4.69) is 38.2 Å². The van der Waals surface area contributed by atoms with Gasteiger partial charge in [0.1, 0.15) is 11.3 Å². The van der Waals surface area contributed by atoms with Crippen molar-refractivity contribution in [3.63, 3.8) is 0 Å². The maximum atomic E-state index is 9.10. The van der Waals surface area contributed by atoms with E-state index in [1.807, 2.05) is 12.1 Å². The van der Waals surface area contributed by atoms with Crippen molar-refractivity contribution in [1.29, 1.82) is 0 Å². The minimum absolute atomic E-state index is 0.161. The highest BCUT2D eigenvalue weighted by Crippen LogP contribution is 2.30. The molecule has 0 saturated carbocycles. The van der Waals surface area contributed by atoms with Gasteiger partial charge in [0.25, 0.3) is 0 Å². The zero-order chi connectivity index (χ0) is 14.5. The Morgan fingerprint density at radius 3 is 2.65 bits per heavy atom. The van der Waals surface area contributed by atoms with Gasteiger partial charge in [-0.1, -0.05) is 32.0 Å². The van der Waals surface area contributed by atoms with E-state index in [0.717, 1.165) is 30.6 Å². The Balaban J connectivity index is 2.27. The first kappa shape index (κ1) is 15.1. The molecule has 0 aliphatic heterocycles. The molecule has 2 unspecified atom stereocenters. The van der Waals surface area contributed by atoms with Crippen LogP contribution in [-0.2, 0) is 6.42 Å². The number of hydrogen-bond acceptors (Lipinski definition) is 3. The number of fused-ring (bicyclic) bond motifs is 1. The first-order valence-electron chi connectivity index (χ1n) is 7.58. The van der Waals surface area contributed by atoms with Crippen molar-refractivity contribution in [2.75, 3.05) is 6.61 Å². The lowest BCUT2D eigenvalue weighted by Crippen LogP contribution is -2.32. The van der Waals surface area contributed by atoms with E-state index in [1.54, 1.807) is 0 Å². The van der Waals surface area contributed by atoms with Crippen molar-refractivity contribution >= 4 is 11.0 Å². The zero-order valence-electron chi connectivity index (χ0n) is 12.6. The van der Waals surface area contributed by atoms with Crippen LogP contribution in [0, 0.1) is 0 Å². The highest BCUT2D eigenvalue weighted by atomic mass is 16.3. The highest BCUT2D eigenvalue weighted by molar-refractivity contribution is 5.82. The Bertz CT molecular complexity index is 547. The quantitative estimate of drug-likeness (QED) is 0.807. The number of aliphatic hydroxyl groups is 1. The van der Waals surface area contributed by atoms with Crippen LogP contribution in [-0.4, -0.2) is 17.8 Å². The summed E-state index contributed by atoms with van der Waals surface area (Å²) in [5, 5.41) is 13.9. The summed E-state index contributed by atoms with van der Waals surface area (Å²) in [5.74, 6) is 1.03. The molecular weight excluding hydrogens is 250 g/mol. The van der Waals surface area contributed by atoms with Crippen molar-refractivity contribution in [2.45, 2.75) is 52.1 Å². The predicted octanol–water partition coefficient (Wildman–Crippen LogP) is 3.81. The lowest BCUT2D eigenvalue weighted by Gasteiger charge is -2.21. The Hall–Kier alpha value is -1.32. The van der Waals surface area contributed by atoms with Crippen molar-refractivity contribution < 1.29 is 9.52 Å². The van der Waals surface area contributed by atoms with Crippen LogP contribution in [0.15, 0.2) is 28.7 Å². The molecule has 0 saturated heterocycles. The van der Waals surface area contributed by atoms with E-state index in [9.17, 15) is 0 Å². The van der Waals surface area contributed by atoms with Gasteiger partial charge in [-0.3, -0.25) is 0 Å². The van der Waals surface area contributed by atoms with Crippen LogP contribution in [0.2, 0.25) is 0 Å². The van der Waals surface area contributed by atoms with Gasteiger partial charge in [-0.15, -0.1) is 0 Å². The number of rotatable bonds is 7. The molecule has 1 aromatic carbocycles. The highest BCUT2D eigenvalue weighted by Gasteiger charge is 2.20. The third-order valence-corrected chi connectivity index (χ3v) is 3.93. The van der Waals surface area contributed by atoms with Crippen LogP contribution in [0.5, 0.6) is 0 Å². The van der Waals surface area contributed by atoms with E-state index >= 15 is 0 Å². The number of aliphatic hydroxyl groups excluding tert-OH is 1. The van der Waals surface area contributed by atoms with Crippen LogP contribution >= 0.6 is 0 Å². The average molecular weight is 275 g/mol. The van der Waals surface area contributed by atoms with Gasteiger partial charge >= 0.3 is 0 Å². The molecule has 2 aromatic rings. The summed E-state index contributed by atoms with van der Waals surface area (Å²) >= 11 is 0. The fourth-order valence-corrected chi connectivity index (χ4v) is 2.82. The third-order valence-electron chi connectivity index (χ3n) is 3.93. The Labute approximate surface area is 121 Å². The number of hydrogen-bond donors (Lipinski definition) is 2. The van der Waals surface area contributed by atoms with Crippen molar-refractivity contribution in [2.24, 2.45) is 0 Å². The molecule has 20 heavy (non-hydrogen) atoms. The molecular formula is C17H25NO2. The van der Waals surface area contributed by atoms with E-state index < -0.39 is 0 Å². The molecule has 0 spiro atoms. The largest absolute Gasteiger partial charge is 0.459 e.